The van der Waals surface area contributed by atoms with E-state index < -0.39 is 0 Å². The second-order valence-electron chi connectivity index (χ2n) is 5.23. The van der Waals surface area contributed by atoms with Crippen LogP contribution in [0.2, 0.25) is 0 Å². The number of piperidine rings is 1. The molecule has 0 radical (unpaired) electrons. The van der Waals surface area contributed by atoms with E-state index in [0.29, 0.717) is 23.2 Å². The summed E-state index contributed by atoms with van der Waals surface area (Å²) in [6.45, 7) is 2.17. The van der Waals surface area contributed by atoms with Crippen molar-refractivity contribution in [3.8, 4) is 0 Å². The third-order valence-corrected chi connectivity index (χ3v) is 4.82. The third kappa shape index (κ3) is 2.12. The van der Waals surface area contributed by atoms with Gasteiger partial charge in [0.15, 0.2) is 5.82 Å². The molecular weight excluding hydrogens is 313 g/mol. The van der Waals surface area contributed by atoms with Gasteiger partial charge in [0.1, 0.15) is 0 Å². The van der Waals surface area contributed by atoms with Gasteiger partial charge >= 0.3 is 0 Å². The molecule has 2 fully saturated rings. The Kier molecular flexibility index (Phi) is 3.20. The molecule has 0 atom stereocenters. The smallest absolute Gasteiger partial charge is 0.226 e. The van der Waals surface area contributed by atoms with Gasteiger partial charge in [-0.1, -0.05) is 0 Å². The molecule has 1 N–H and O–H groups in total. The summed E-state index contributed by atoms with van der Waals surface area (Å²) in [6.07, 6.45) is 5.30. The maximum atomic E-state index is 13.9. The van der Waals surface area contributed by atoms with Crippen molar-refractivity contribution in [3.05, 3.63) is 22.7 Å². The van der Waals surface area contributed by atoms with Crippen molar-refractivity contribution < 1.29 is 9.18 Å². The zero-order valence-electron chi connectivity index (χ0n) is 10.5. The molecule has 3 heterocycles. The van der Waals surface area contributed by atoms with E-state index in [1.54, 1.807) is 6.20 Å². The minimum Gasteiger partial charge on any atom is -0.368 e. The van der Waals surface area contributed by atoms with Gasteiger partial charge < -0.3 is 10.2 Å². The lowest BCUT2D eigenvalue weighted by atomic mass is 9.77. The monoisotopic (exact) mass is 327 g/mol. The van der Waals surface area contributed by atoms with Crippen LogP contribution in [-0.4, -0.2) is 30.5 Å². The van der Waals surface area contributed by atoms with Gasteiger partial charge in [-0.3, -0.25) is 9.78 Å². The minimum atomic E-state index is -0.318. The number of rotatable bonds is 1. The number of pyridine rings is 1. The number of hydrogen-bond acceptors (Lipinski definition) is 3. The number of halogens is 2. The fourth-order valence-corrected chi connectivity index (χ4v) is 3.62. The number of aromatic nitrogens is 1. The second-order valence-corrected chi connectivity index (χ2v) is 6.08. The summed E-state index contributed by atoms with van der Waals surface area (Å²) in [4.78, 5) is 17.7. The van der Waals surface area contributed by atoms with Crippen molar-refractivity contribution >= 4 is 27.5 Å². The molecule has 1 aromatic rings. The average molecular weight is 328 g/mol. The van der Waals surface area contributed by atoms with Crippen LogP contribution in [0.15, 0.2) is 16.9 Å². The summed E-state index contributed by atoms with van der Waals surface area (Å²) >= 11 is 3.35. The standard InChI is InChI=1S/C13H15BrFN3O/c14-9-7-16-8-10(15)11(9)18-5-2-13(3-6-18)1-4-17-12(13)19/h7-8H,1-6H2,(H,17,19). The molecule has 0 aromatic carbocycles. The molecule has 19 heavy (non-hydrogen) atoms. The largest absolute Gasteiger partial charge is 0.368 e. The van der Waals surface area contributed by atoms with Gasteiger partial charge in [0.2, 0.25) is 5.91 Å². The molecule has 102 valence electrons. The predicted molar refractivity (Wildman–Crippen MR) is 73.4 cm³/mol. The maximum absolute atomic E-state index is 13.9. The van der Waals surface area contributed by atoms with Crippen LogP contribution in [0.3, 0.4) is 0 Å². The van der Waals surface area contributed by atoms with Gasteiger partial charge in [0, 0.05) is 25.8 Å². The molecule has 2 aliphatic rings. The number of nitrogens with one attached hydrogen (secondary N) is 1. The Balaban J connectivity index is 1.79. The molecule has 2 saturated heterocycles. The van der Waals surface area contributed by atoms with Crippen molar-refractivity contribution in [2.24, 2.45) is 5.41 Å². The van der Waals surface area contributed by atoms with E-state index in [4.69, 9.17) is 0 Å². The van der Waals surface area contributed by atoms with Gasteiger partial charge in [-0.2, -0.15) is 0 Å². The Morgan fingerprint density at radius 2 is 2.05 bits per heavy atom. The zero-order chi connectivity index (χ0) is 13.5. The maximum Gasteiger partial charge on any atom is 0.226 e. The van der Waals surface area contributed by atoms with Gasteiger partial charge in [-0.25, -0.2) is 4.39 Å². The van der Waals surface area contributed by atoms with Gasteiger partial charge in [-0.05, 0) is 35.2 Å². The van der Waals surface area contributed by atoms with E-state index in [1.807, 2.05) is 4.90 Å². The first-order valence-corrected chi connectivity index (χ1v) is 7.24. The van der Waals surface area contributed by atoms with Crippen molar-refractivity contribution in [1.82, 2.24) is 10.3 Å². The Labute approximate surface area is 119 Å². The first kappa shape index (κ1) is 12.8. The predicted octanol–water partition coefficient (Wildman–Crippen LogP) is 2.09. The molecule has 0 bridgehead atoms. The summed E-state index contributed by atoms with van der Waals surface area (Å²) < 4.78 is 14.5. The number of amides is 1. The normalized spacial score (nSPS) is 21.8. The summed E-state index contributed by atoms with van der Waals surface area (Å²) in [7, 11) is 0. The Morgan fingerprint density at radius 3 is 2.63 bits per heavy atom. The van der Waals surface area contributed by atoms with Gasteiger partial charge in [-0.15, -0.1) is 0 Å². The van der Waals surface area contributed by atoms with Gasteiger partial charge in [0.05, 0.1) is 21.8 Å². The summed E-state index contributed by atoms with van der Waals surface area (Å²) in [6, 6.07) is 0. The number of nitrogens with zero attached hydrogens (tertiary/aromatic N) is 2. The highest BCUT2D eigenvalue weighted by Gasteiger charge is 2.44. The van der Waals surface area contributed by atoms with Gasteiger partial charge in [0.25, 0.3) is 0 Å². The Morgan fingerprint density at radius 1 is 1.32 bits per heavy atom. The SMILES string of the molecule is O=C1NCCC12CCN(c1c(F)cncc1Br)CC2. The molecule has 0 aliphatic carbocycles. The number of hydrogen-bond donors (Lipinski definition) is 1. The highest BCUT2D eigenvalue weighted by molar-refractivity contribution is 9.10. The molecular formula is C13H15BrFN3O. The van der Waals surface area contributed by atoms with E-state index >= 15 is 0 Å². The van der Waals surface area contributed by atoms with E-state index in [1.165, 1.54) is 6.20 Å². The summed E-state index contributed by atoms with van der Waals surface area (Å²) in [5.41, 5.74) is 0.343. The fourth-order valence-electron chi connectivity index (χ4n) is 3.06. The lowest BCUT2D eigenvalue weighted by Crippen LogP contribution is -2.44. The van der Waals surface area contributed by atoms with Crippen LogP contribution in [0.4, 0.5) is 10.1 Å². The van der Waals surface area contributed by atoms with Crippen LogP contribution in [0, 0.1) is 11.2 Å². The second kappa shape index (κ2) is 4.74. The lowest BCUT2D eigenvalue weighted by molar-refractivity contribution is -0.128. The number of carbonyl (C=O) groups excluding carboxylic acids is 1. The average Bonchev–Trinajstić information content (AvgIpc) is 2.73. The van der Waals surface area contributed by atoms with E-state index in [2.05, 4.69) is 26.2 Å². The van der Waals surface area contributed by atoms with Crippen molar-refractivity contribution in [1.29, 1.82) is 0 Å². The molecule has 6 heteroatoms. The van der Waals surface area contributed by atoms with Crippen LogP contribution >= 0.6 is 15.9 Å². The number of anilines is 1. The first-order valence-electron chi connectivity index (χ1n) is 6.45. The molecule has 3 rings (SSSR count). The highest BCUT2D eigenvalue weighted by atomic mass is 79.9. The molecule has 1 aromatic heterocycles. The molecule has 1 amide bonds. The first-order chi connectivity index (χ1) is 9.12. The molecule has 4 nitrogen and oxygen atoms in total. The van der Waals surface area contributed by atoms with E-state index in [-0.39, 0.29) is 17.1 Å². The summed E-state index contributed by atoms with van der Waals surface area (Å²) in [5, 5.41) is 2.91. The van der Waals surface area contributed by atoms with Crippen LogP contribution < -0.4 is 10.2 Å². The van der Waals surface area contributed by atoms with Crippen LogP contribution in [0.1, 0.15) is 19.3 Å². The van der Waals surface area contributed by atoms with Crippen LogP contribution in [-0.2, 0) is 4.79 Å². The molecule has 0 unspecified atom stereocenters. The third-order valence-electron chi connectivity index (χ3n) is 4.24. The van der Waals surface area contributed by atoms with Crippen molar-refractivity contribution in [2.45, 2.75) is 19.3 Å². The Bertz CT molecular complexity index is 494. The Hall–Kier alpha value is -1.17. The zero-order valence-corrected chi connectivity index (χ0v) is 12.0. The molecule has 1 spiro atoms. The van der Waals surface area contributed by atoms with E-state index in [9.17, 15) is 9.18 Å². The van der Waals surface area contributed by atoms with Crippen molar-refractivity contribution in [2.75, 3.05) is 24.5 Å². The quantitative estimate of drug-likeness (QED) is 0.859. The fraction of sp³-hybridized carbons (Fsp3) is 0.538. The van der Waals surface area contributed by atoms with E-state index in [0.717, 1.165) is 25.8 Å². The van der Waals surface area contributed by atoms with Crippen molar-refractivity contribution in [3.63, 3.8) is 0 Å². The molecule has 0 saturated carbocycles. The number of carbonyl (C=O) groups is 1. The molecule has 2 aliphatic heterocycles. The summed E-state index contributed by atoms with van der Waals surface area (Å²) in [5.74, 6) is -0.150. The van der Waals surface area contributed by atoms with Crippen LogP contribution in [0.5, 0.6) is 0 Å². The van der Waals surface area contributed by atoms with Crippen LogP contribution in [0.25, 0.3) is 0 Å². The minimum absolute atomic E-state index is 0.168. The lowest BCUT2D eigenvalue weighted by Gasteiger charge is -2.38. The topological polar surface area (TPSA) is 45.2 Å². The highest BCUT2D eigenvalue weighted by Crippen LogP contribution is 2.40.